The van der Waals surface area contributed by atoms with Crippen molar-refractivity contribution in [1.29, 1.82) is 0 Å². The third-order valence-corrected chi connectivity index (χ3v) is 6.25. The number of aryl methyl sites for hydroxylation is 1. The first kappa shape index (κ1) is 26.8. The van der Waals surface area contributed by atoms with Crippen molar-refractivity contribution < 1.29 is 28.9 Å². The molecule has 0 aliphatic carbocycles. The maximum absolute atomic E-state index is 13.5. The topological polar surface area (TPSA) is 85.3 Å². The number of aliphatic hydroxyl groups excluding tert-OH is 1. The number of carbonyl (C=O) groups excluding carboxylic acids is 2. The number of aliphatic hydroxyl groups is 1. The summed E-state index contributed by atoms with van der Waals surface area (Å²) in [6.07, 6.45) is 0.810. The van der Waals surface area contributed by atoms with E-state index in [0.717, 1.165) is 12.0 Å². The third kappa shape index (κ3) is 5.37. The molecule has 198 valence electrons. The van der Waals surface area contributed by atoms with Crippen LogP contribution in [-0.2, 0) is 9.59 Å². The van der Waals surface area contributed by atoms with Crippen LogP contribution in [0, 0.1) is 6.92 Å². The number of hydrogen-bond donors (Lipinski definition) is 1. The zero-order valence-electron chi connectivity index (χ0n) is 22.4. The van der Waals surface area contributed by atoms with Crippen LogP contribution in [0.2, 0.25) is 0 Å². The van der Waals surface area contributed by atoms with Crippen molar-refractivity contribution in [3.63, 3.8) is 0 Å². The van der Waals surface area contributed by atoms with E-state index in [2.05, 4.69) is 0 Å². The van der Waals surface area contributed by atoms with Gasteiger partial charge in [-0.3, -0.25) is 14.5 Å². The highest BCUT2D eigenvalue weighted by Crippen LogP contribution is 2.43. The van der Waals surface area contributed by atoms with E-state index in [9.17, 15) is 14.7 Å². The number of carbonyl (C=O) groups is 2. The molecule has 1 amide bonds. The van der Waals surface area contributed by atoms with Crippen molar-refractivity contribution in [2.24, 2.45) is 0 Å². The monoisotopic (exact) mass is 515 g/mol. The molecule has 0 aromatic heterocycles. The van der Waals surface area contributed by atoms with Gasteiger partial charge in [0.2, 0.25) is 0 Å². The Morgan fingerprint density at radius 3 is 2.37 bits per heavy atom. The van der Waals surface area contributed by atoms with Crippen LogP contribution in [0.15, 0.2) is 72.3 Å². The van der Waals surface area contributed by atoms with Crippen molar-refractivity contribution >= 4 is 23.1 Å². The summed E-state index contributed by atoms with van der Waals surface area (Å²) in [6, 6.07) is 18.5. The number of Topliss-reactive ketones (excluding diaryl/α,β-unsaturated/α-hetero) is 1. The molecule has 1 heterocycles. The van der Waals surface area contributed by atoms with Gasteiger partial charge in [0, 0.05) is 11.3 Å². The predicted molar refractivity (Wildman–Crippen MR) is 147 cm³/mol. The van der Waals surface area contributed by atoms with Gasteiger partial charge >= 0.3 is 0 Å². The van der Waals surface area contributed by atoms with Gasteiger partial charge in [0.25, 0.3) is 11.7 Å². The van der Waals surface area contributed by atoms with Crippen LogP contribution >= 0.6 is 0 Å². The van der Waals surface area contributed by atoms with Crippen LogP contribution in [0.4, 0.5) is 5.69 Å². The summed E-state index contributed by atoms with van der Waals surface area (Å²) < 4.78 is 16.9. The minimum Gasteiger partial charge on any atom is -0.507 e. The first-order valence-corrected chi connectivity index (χ1v) is 12.7. The fourth-order valence-electron chi connectivity index (χ4n) is 4.51. The Morgan fingerprint density at radius 2 is 1.74 bits per heavy atom. The normalized spacial score (nSPS) is 16.7. The van der Waals surface area contributed by atoms with Gasteiger partial charge < -0.3 is 19.3 Å². The summed E-state index contributed by atoms with van der Waals surface area (Å²) in [5.41, 5.74) is 2.40. The lowest BCUT2D eigenvalue weighted by molar-refractivity contribution is -0.132. The lowest BCUT2D eigenvalue weighted by Crippen LogP contribution is -2.29. The van der Waals surface area contributed by atoms with Crippen LogP contribution in [0.3, 0.4) is 0 Å². The van der Waals surface area contributed by atoms with E-state index in [-0.39, 0.29) is 17.4 Å². The minimum absolute atomic E-state index is 0.00846. The predicted octanol–water partition coefficient (Wildman–Crippen LogP) is 6.21. The molecule has 7 heteroatoms. The van der Waals surface area contributed by atoms with Gasteiger partial charge in [0.15, 0.2) is 0 Å². The second kappa shape index (κ2) is 11.4. The second-order valence-corrected chi connectivity index (χ2v) is 9.43. The number of rotatable bonds is 9. The Balaban J connectivity index is 1.87. The summed E-state index contributed by atoms with van der Waals surface area (Å²) in [5.74, 6) is 0.196. The van der Waals surface area contributed by atoms with Crippen LogP contribution in [-0.4, -0.2) is 36.6 Å². The van der Waals surface area contributed by atoms with E-state index < -0.39 is 17.7 Å². The van der Waals surface area contributed by atoms with Crippen molar-refractivity contribution in [3.05, 3.63) is 89.0 Å². The van der Waals surface area contributed by atoms with E-state index in [1.807, 2.05) is 45.9 Å². The number of nitrogens with zero attached hydrogens (tertiary/aromatic N) is 1. The van der Waals surface area contributed by atoms with Gasteiger partial charge in [-0.05, 0) is 92.9 Å². The first-order valence-electron chi connectivity index (χ1n) is 12.7. The average Bonchev–Trinajstić information content (AvgIpc) is 3.17. The smallest absolute Gasteiger partial charge is 0.300 e. The van der Waals surface area contributed by atoms with Crippen molar-refractivity contribution in [1.82, 2.24) is 0 Å². The van der Waals surface area contributed by atoms with Gasteiger partial charge in [-0.2, -0.15) is 0 Å². The fraction of sp³-hybridized carbons (Fsp3) is 0.290. The maximum Gasteiger partial charge on any atom is 0.300 e. The molecular formula is C31H33NO6. The number of ether oxygens (including phenoxy) is 3. The van der Waals surface area contributed by atoms with Crippen LogP contribution in [0.1, 0.15) is 49.9 Å². The van der Waals surface area contributed by atoms with Gasteiger partial charge in [-0.25, -0.2) is 0 Å². The number of amides is 1. The highest BCUT2D eigenvalue weighted by Gasteiger charge is 2.47. The average molecular weight is 516 g/mol. The molecule has 0 spiro atoms. The number of ketones is 1. The molecule has 38 heavy (non-hydrogen) atoms. The highest BCUT2D eigenvalue weighted by molar-refractivity contribution is 6.51. The van der Waals surface area contributed by atoms with E-state index in [0.29, 0.717) is 40.7 Å². The molecule has 4 rings (SSSR count). The number of hydrogen-bond acceptors (Lipinski definition) is 6. The Bertz CT molecular complexity index is 1360. The van der Waals surface area contributed by atoms with E-state index in [1.165, 1.54) is 4.90 Å². The van der Waals surface area contributed by atoms with Crippen molar-refractivity contribution in [2.45, 2.75) is 46.3 Å². The molecule has 1 atom stereocenters. The van der Waals surface area contributed by atoms with Crippen LogP contribution in [0.5, 0.6) is 17.2 Å². The third-order valence-electron chi connectivity index (χ3n) is 6.25. The summed E-state index contributed by atoms with van der Waals surface area (Å²) in [6.45, 7) is 8.33. The summed E-state index contributed by atoms with van der Waals surface area (Å²) in [4.78, 5) is 28.3. The fourth-order valence-corrected chi connectivity index (χ4v) is 4.51. The van der Waals surface area contributed by atoms with Gasteiger partial charge in [-0.1, -0.05) is 19.1 Å². The molecular weight excluding hydrogens is 482 g/mol. The Labute approximate surface area is 223 Å². The molecule has 1 saturated heterocycles. The number of benzene rings is 3. The Kier molecular flexibility index (Phi) is 8.05. The summed E-state index contributed by atoms with van der Waals surface area (Å²) in [5, 5.41) is 11.5. The van der Waals surface area contributed by atoms with Crippen LogP contribution in [0.25, 0.3) is 5.76 Å². The highest BCUT2D eigenvalue weighted by atomic mass is 16.5. The quantitative estimate of drug-likeness (QED) is 0.207. The SMILES string of the molecule is CCCOc1ccc(/C(O)=C2\C(=O)C(=O)N(c3ccc(OC)cc3)C2c2cccc(OC(C)C)c2)cc1C. The Morgan fingerprint density at radius 1 is 1.00 bits per heavy atom. The second-order valence-electron chi connectivity index (χ2n) is 9.43. The van der Waals surface area contributed by atoms with E-state index in [4.69, 9.17) is 14.2 Å². The minimum atomic E-state index is -0.865. The lowest BCUT2D eigenvalue weighted by atomic mass is 9.94. The molecule has 0 saturated carbocycles. The molecule has 1 unspecified atom stereocenters. The van der Waals surface area contributed by atoms with Crippen LogP contribution < -0.4 is 19.1 Å². The van der Waals surface area contributed by atoms with Crippen molar-refractivity contribution in [2.75, 3.05) is 18.6 Å². The van der Waals surface area contributed by atoms with E-state index >= 15 is 0 Å². The number of methoxy groups -OCH3 is 1. The largest absolute Gasteiger partial charge is 0.507 e. The molecule has 0 radical (unpaired) electrons. The first-order chi connectivity index (χ1) is 18.2. The Hall–Kier alpha value is -4.26. The number of anilines is 1. The van der Waals surface area contributed by atoms with Crippen molar-refractivity contribution in [3.8, 4) is 17.2 Å². The molecule has 3 aromatic carbocycles. The van der Waals surface area contributed by atoms with Gasteiger partial charge in [0.1, 0.15) is 23.0 Å². The molecule has 1 aliphatic heterocycles. The maximum atomic E-state index is 13.5. The molecule has 1 N–H and O–H groups in total. The summed E-state index contributed by atoms with van der Waals surface area (Å²) >= 11 is 0. The molecule has 1 fully saturated rings. The zero-order chi connectivity index (χ0) is 27.4. The molecule has 0 bridgehead atoms. The standard InChI is InChI=1S/C31H33NO6/c1-6-16-37-26-15-10-22(17-20(26)4)29(33)27-28(21-8-7-9-25(18-21)38-19(2)3)32(31(35)30(27)34)23-11-13-24(36-5)14-12-23/h7-15,17-19,28,33H,6,16H2,1-5H3/b29-27+. The lowest BCUT2D eigenvalue weighted by Gasteiger charge is -2.26. The molecule has 3 aromatic rings. The molecule has 1 aliphatic rings. The zero-order valence-corrected chi connectivity index (χ0v) is 22.4. The molecule has 7 nitrogen and oxygen atoms in total. The van der Waals surface area contributed by atoms with Gasteiger partial charge in [0.05, 0.1) is 31.4 Å². The summed E-state index contributed by atoms with van der Waals surface area (Å²) in [7, 11) is 1.56. The van der Waals surface area contributed by atoms with E-state index in [1.54, 1.807) is 55.6 Å². The van der Waals surface area contributed by atoms with Gasteiger partial charge in [-0.15, -0.1) is 0 Å².